The van der Waals surface area contributed by atoms with Crippen LogP contribution in [0.4, 0.5) is 0 Å². The van der Waals surface area contributed by atoms with Crippen LogP contribution in [0.1, 0.15) is 227 Å². The van der Waals surface area contributed by atoms with Crippen molar-refractivity contribution < 1.29 is 44.3 Å². The lowest BCUT2D eigenvalue weighted by Crippen LogP contribution is -2.70. The summed E-state index contributed by atoms with van der Waals surface area (Å²) in [5.74, 6) is -2.55. The van der Waals surface area contributed by atoms with Crippen LogP contribution in [0.2, 0.25) is 0 Å². The monoisotopic (exact) mass is 854 g/mol. The second-order valence-corrected chi connectivity index (χ2v) is 18.1. The highest BCUT2D eigenvalue weighted by Crippen LogP contribution is 2.26. The standard InChI is InChI=1S/C48H91N3O9/c1-5-7-9-11-13-15-17-18-19-20-21-23-25-27-29-31-35-51(42(54)32-30-28-26-24-22-16-14-12-10-8-6-2)48-44(46(58)45(57)40(37-52)60-48)50-47(59)39(36-38(3)4)49-41(53)33-34-43(55)56/h38-40,44-46,48,52,57-58H,5-37H2,1-4H3,(H,49,53)(H,50,59)(H,55,56)/t39-,40+,44+,45+,46+,48+/m0/s1. The van der Waals surface area contributed by atoms with Crippen molar-refractivity contribution in [1.29, 1.82) is 0 Å². The smallest absolute Gasteiger partial charge is 0.303 e. The average Bonchev–Trinajstić information content (AvgIpc) is 3.21. The maximum Gasteiger partial charge on any atom is 0.303 e. The molecule has 0 unspecified atom stereocenters. The Morgan fingerprint density at radius 1 is 0.600 bits per heavy atom. The van der Waals surface area contributed by atoms with Crippen molar-refractivity contribution in [3.05, 3.63) is 0 Å². The van der Waals surface area contributed by atoms with E-state index in [-0.39, 0.29) is 37.5 Å². The molecule has 1 fully saturated rings. The number of aliphatic hydroxyl groups is 3. The summed E-state index contributed by atoms with van der Waals surface area (Å²) in [6, 6.07) is -2.30. The van der Waals surface area contributed by atoms with Crippen molar-refractivity contribution in [2.24, 2.45) is 5.92 Å². The number of aliphatic carboxylic acids is 1. The third-order valence-electron chi connectivity index (χ3n) is 12.0. The van der Waals surface area contributed by atoms with Crippen LogP contribution < -0.4 is 10.6 Å². The zero-order valence-corrected chi connectivity index (χ0v) is 38.7. The molecule has 0 bridgehead atoms. The van der Waals surface area contributed by atoms with Gasteiger partial charge in [0.1, 0.15) is 30.4 Å². The molecule has 0 aliphatic carbocycles. The van der Waals surface area contributed by atoms with Crippen LogP contribution in [0.5, 0.6) is 0 Å². The molecule has 0 aromatic rings. The molecule has 1 rings (SSSR count). The van der Waals surface area contributed by atoms with Crippen molar-refractivity contribution in [3.63, 3.8) is 0 Å². The SMILES string of the molecule is CCCCCCCCCCCCCCCCCCN(C(=O)CCCCCCCCCCCCC)[C@@H]1O[C@H](CO)[C@@H](O)[C@H](O)[C@H]1NC(=O)[C@H](CC(C)C)NC(=O)CCC(=O)O. The fourth-order valence-corrected chi connectivity index (χ4v) is 8.28. The number of hydrogen-bond acceptors (Lipinski definition) is 8. The van der Waals surface area contributed by atoms with E-state index in [0.717, 1.165) is 38.5 Å². The number of carboxylic acid groups (broad SMARTS) is 1. The highest BCUT2D eigenvalue weighted by Gasteiger charge is 2.48. The Bertz CT molecular complexity index is 1110. The van der Waals surface area contributed by atoms with E-state index in [1.165, 1.54) is 122 Å². The van der Waals surface area contributed by atoms with Crippen LogP contribution in [0.15, 0.2) is 0 Å². The number of unbranched alkanes of at least 4 members (excludes halogenated alkanes) is 25. The summed E-state index contributed by atoms with van der Waals surface area (Å²) in [5.41, 5.74) is 0. The van der Waals surface area contributed by atoms with Crippen LogP contribution >= 0.6 is 0 Å². The molecule has 60 heavy (non-hydrogen) atoms. The molecule has 352 valence electrons. The topological polar surface area (TPSA) is 186 Å². The van der Waals surface area contributed by atoms with E-state index < -0.39 is 61.0 Å². The third-order valence-corrected chi connectivity index (χ3v) is 12.0. The van der Waals surface area contributed by atoms with Gasteiger partial charge in [0.15, 0.2) is 6.23 Å². The van der Waals surface area contributed by atoms with Crippen LogP contribution in [0.25, 0.3) is 0 Å². The zero-order chi connectivity index (χ0) is 44.4. The van der Waals surface area contributed by atoms with Gasteiger partial charge in [-0.05, 0) is 25.2 Å². The third kappa shape index (κ3) is 26.3. The highest BCUT2D eigenvalue weighted by molar-refractivity contribution is 5.89. The summed E-state index contributed by atoms with van der Waals surface area (Å²) in [6.45, 7) is 7.98. The fourth-order valence-electron chi connectivity index (χ4n) is 8.28. The quantitative estimate of drug-likeness (QED) is 0.0328. The van der Waals surface area contributed by atoms with Gasteiger partial charge in [0.25, 0.3) is 0 Å². The van der Waals surface area contributed by atoms with Gasteiger partial charge in [-0.1, -0.05) is 188 Å². The number of ether oxygens (including phenoxy) is 1. The first kappa shape index (κ1) is 55.7. The van der Waals surface area contributed by atoms with Gasteiger partial charge in [0.05, 0.1) is 13.0 Å². The lowest BCUT2D eigenvalue weighted by atomic mass is 9.94. The summed E-state index contributed by atoms with van der Waals surface area (Å²) in [5, 5.41) is 47.0. The van der Waals surface area contributed by atoms with Crippen molar-refractivity contribution in [1.82, 2.24) is 15.5 Å². The van der Waals surface area contributed by atoms with E-state index in [2.05, 4.69) is 24.5 Å². The molecule has 1 saturated heterocycles. The maximum atomic E-state index is 14.1. The van der Waals surface area contributed by atoms with Gasteiger partial charge in [0, 0.05) is 19.4 Å². The average molecular weight is 854 g/mol. The number of aliphatic hydroxyl groups excluding tert-OH is 3. The van der Waals surface area contributed by atoms with Crippen LogP contribution in [-0.4, -0.2) is 98.8 Å². The summed E-state index contributed by atoms with van der Waals surface area (Å²) in [4.78, 5) is 53.2. The molecule has 6 atom stereocenters. The minimum Gasteiger partial charge on any atom is -0.481 e. The van der Waals surface area contributed by atoms with E-state index >= 15 is 0 Å². The number of hydrogen-bond donors (Lipinski definition) is 6. The van der Waals surface area contributed by atoms with Gasteiger partial charge in [-0.15, -0.1) is 0 Å². The van der Waals surface area contributed by atoms with E-state index in [1.807, 2.05) is 13.8 Å². The summed E-state index contributed by atoms with van der Waals surface area (Å²) >= 11 is 0. The Morgan fingerprint density at radius 3 is 1.45 bits per heavy atom. The van der Waals surface area contributed by atoms with Crippen molar-refractivity contribution in [2.45, 2.75) is 263 Å². The molecule has 0 spiro atoms. The first-order valence-corrected chi connectivity index (χ1v) is 24.7. The number of carbonyl (C=O) groups excluding carboxylic acids is 3. The fraction of sp³-hybridized carbons (Fsp3) is 0.917. The van der Waals surface area contributed by atoms with E-state index in [9.17, 15) is 34.5 Å². The Labute approximate surface area is 365 Å². The molecule has 1 aliphatic heterocycles. The molecule has 12 nitrogen and oxygen atoms in total. The molecule has 12 heteroatoms. The van der Waals surface area contributed by atoms with E-state index in [1.54, 1.807) is 4.90 Å². The molecule has 0 aromatic heterocycles. The lowest BCUT2D eigenvalue weighted by Gasteiger charge is -2.47. The van der Waals surface area contributed by atoms with Crippen molar-refractivity contribution in [3.8, 4) is 0 Å². The number of nitrogens with one attached hydrogen (secondary N) is 2. The molecule has 6 N–H and O–H groups in total. The predicted octanol–water partition coefficient (Wildman–Crippen LogP) is 9.10. The second kappa shape index (κ2) is 36.2. The maximum absolute atomic E-state index is 14.1. The minimum absolute atomic E-state index is 0.0213. The van der Waals surface area contributed by atoms with Crippen LogP contribution in [-0.2, 0) is 23.9 Å². The minimum atomic E-state index is -1.57. The van der Waals surface area contributed by atoms with E-state index in [0.29, 0.717) is 19.4 Å². The molecule has 0 aromatic carbocycles. The molecular formula is C48H91N3O9. The largest absolute Gasteiger partial charge is 0.481 e. The lowest BCUT2D eigenvalue weighted by molar-refractivity contribution is -0.231. The highest BCUT2D eigenvalue weighted by atomic mass is 16.5. The second-order valence-electron chi connectivity index (χ2n) is 18.1. The van der Waals surface area contributed by atoms with Crippen LogP contribution in [0.3, 0.4) is 0 Å². The molecule has 1 heterocycles. The molecule has 0 radical (unpaired) electrons. The first-order chi connectivity index (χ1) is 29.0. The van der Waals surface area contributed by atoms with Gasteiger partial charge in [0.2, 0.25) is 17.7 Å². The molecule has 3 amide bonds. The Hall–Kier alpha value is -2.28. The summed E-state index contributed by atoms with van der Waals surface area (Å²) in [6.07, 6.45) is 26.6. The molecular weight excluding hydrogens is 763 g/mol. The predicted molar refractivity (Wildman–Crippen MR) is 240 cm³/mol. The zero-order valence-electron chi connectivity index (χ0n) is 38.7. The Balaban J connectivity index is 2.93. The number of nitrogens with zero attached hydrogens (tertiary/aromatic N) is 1. The van der Waals surface area contributed by atoms with Gasteiger partial charge >= 0.3 is 5.97 Å². The summed E-state index contributed by atoms with van der Waals surface area (Å²) < 4.78 is 6.19. The van der Waals surface area contributed by atoms with Crippen molar-refractivity contribution >= 4 is 23.7 Å². The van der Waals surface area contributed by atoms with Gasteiger partial charge < -0.3 is 40.7 Å². The van der Waals surface area contributed by atoms with Gasteiger partial charge in [-0.3, -0.25) is 19.2 Å². The first-order valence-electron chi connectivity index (χ1n) is 24.7. The summed E-state index contributed by atoms with van der Waals surface area (Å²) in [7, 11) is 0. The number of rotatable bonds is 39. The Morgan fingerprint density at radius 2 is 1.03 bits per heavy atom. The Kier molecular flexibility index (Phi) is 33.7. The van der Waals surface area contributed by atoms with Crippen LogP contribution in [0, 0.1) is 5.92 Å². The number of carbonyl (C=O) groups is 4. The number of carboxylic acids is 1. The normalized spacial score (nSPS) is 19.6. The molecule has 1 aliphatic rings. The van der Waals surface area contributed by atoms with Gasteiger partial charge in [-0.2, -0.15) is 0 Å². The van der Waals surface area contributed by atoms with Gasteiger partial charge in [-0.25, -0.2) is 0 Å². The van der Waals surface area contributed by atoms with Crippen molar-refractivity contribution in [2.75, 3.05) is 13.2 Å². The number of amides is 3. The molecule has 0 saturated carbocycles. The van der Waals surface area contributed by atoms with E-state index in [4.69, 9.17) is 9.84 Å².